The van der Waals surface area contributed by atoms with Gasteiger partial charge in [0.05, 0.1) is 0 Å². The third kappa shape index (κ3) is 3.76. The molecule has 0 aliphatic carbocycles. The molecule has 82 valence electrons. The quantitative estimate of drug-likeness (QED) is 0.732. The van der Waals surface area contributed by atoms with E-state index in [0.717, 1.165) is 19.6 Å². The summed E-state index contributed by atoms with van der Waals surface area (Å²) in [7, 11) is 0. The predicted molar refractivity (Wildman–Crippen MR) is 58.4 cm³/mol. The van der Waals surface area contributed by atoms with Crippen molar-refractivity contribution in [1.82, 2.24) is 10.2 Å². The van der Waals surface area contributed by atoms with Crippen LogP contribution in [0.1, 0.15) is 33.6 Å². The third-order valence-electron chi connectivity index (χ3n) is 2.80. The van der Waals surface area contributed by atoms with Gasteiger partial charge in [0, 0.05) is 38.1 Å². The van der Waals surface area contributed by atoms with Crippen molar-refractivity contribution in [3.8, 4) is 0 Å². The largest absolute Gasteiger partial charge is 0.309 e. The average Bonchev–Trinajstić information content (AvgIpc) is 2.14. The van der Waals surface area contributed by atoms with Gasteiger partial charge in [0.1, 0.15) is 5.78 Å². The summed E-state index contributed by atoms with van der Waals surface area (Å²) in [5.41, 5.74) is 0. The molecule has 1 heterocycles. The molecule has 1 rings (SSSR count). The van der Waals surface area contributed by atoms with Crippen LogP contribution in [0, 0.1) is 0 Å². The fourth-order valence-corrected chi connectivity index (χ4v) is 2.03. The lowest BCUT2D eigenvalue weighted by molar-refractivity contribution is -0.117. The van der Waals surface area contributed by atoms with E-state index in [1.54, 1.807) is 6.92 Å². The Bertz CT molecular complexity index is 194. The van der Waals surface area contributed by atoms with Crippen molar-refractivity contribution in [2.24, 2.45) is 0 Å². The minimum absolute atomic E-state index is 0.296. The van der Waals surface area contributed by atoms with Gasteiger partial charge in [-0.05, 0) is 20.3 Å². The van der Waals surface area contributed by atoms with Gasteiger partial charge >= 0.3 is 0 Å². The molecular formula is C11H22N2O. The van der Waals surface area contributed by atoms with Crippen LogP contribution in [-0.2, 0) is 4.79 Å². The van der Waals surface area contributed by atoms with Gasteiger partial charge in [0.15, 0.2) is 0 Å². The maximum Gasteiger partial charge on any atom is 0.131 e. The Morgan fingerprint density at radius 2 is 2.21 bits per heavy atom. The molecule has 0 aromatic heterocycles. The first-order valence-corrected chi connectivity index (χ1v) is 5.59. The Kier molecular flexibility index (Phi) is 4.55. The molecule has 3 nitrogen and oxygen atoms in total. The molecule has 2 atom stereocenters. The summed E-state index contributed by atoms with van der Waals surface area (Å²) in [4.78, 5) is 13.3. The number of carbonyl (C=O) groups excluding carboxylic acids is 1. The van der Waals surface area contributed by atoms with Gasteiger partial charge in [0.2, 0.25) is 0 Å². The normalized spacial score (nSPS) is 29.1. The first-order valence-electron chi connectivity index (χ1n) is 5.59. The predicted octanol–water partition coefficient (Wildman–Crippen LogP) is 1.04. The highest BCUT2D eigenvalue weighted by Gasteiger charge is 2.22. The number of nitrogens with one attached hydrogen (secondary N) is 1. The first kappa shape index (κ1) is 11.7. The van der Waals surface area contributed by atoms with Crippen LogP contribution in [0.3, 0.4) is 0 Å². The van der Waals surface area contributed by atoms with Crippen molar-refractivity contribution in [2.75, 3.05) is 19.6 Å². The number of hydrogen-bond acceptors (Lipinski definition) is 3. The highest BCUT2D eigenvalue weighted by Crippen LogP contribution is 2.07. The molecule has 0 saturated carbocycles. The van der Waals surface area contributed by atoms with E-state index in [2.05, 4.69) is 24.1 Å². The van der Waals surface area contributed by atoms with Crippen LogP contribution >= 0.6 is 0 Å². The number of carbonyl (C=O) groups is 1. The fraction of sp³-hybridized carbons (Fsp3) is 0.909. The number of rotatable bonds is 4. The van der Waals surface area contributed by atoms with Crippen molar-refractivity contribution in [1.29, 1.82) is 0 Å². The summed E-state index contributed by atoms with van der Waals surface area (Å²) in [6.45, 7) is 9.18. The van der Waals surface area contributed by atoms with Crippen molar-refractivity contribution >= 4 is 5.78 Å². The zero-order valence-corrected chi connectivity index (χ0v) is 9.55. The SMILES string of the molecule is CCC1CN(CCC(C)=O)CC(C)N1. The lowest BCUT2D eigenvalue weighted by atomic mass is 10.1. The Labute approximate surface area is 86.9 Å². The fourth-order valence-electron chi connectivity index (χ4n) is 2.03. The third-order valence-corrected chi connectivity index (χ3v) is 2.80. The highest BCUT2D eigenvalue weighted by molar-refractivity contribution is 5.75. The monoisotopic (exact) mass is 198 g/mol. The molecule has 0 amide bonds. The van der Waals surface area contributed by atoms with E-state index >= 15 is 0 Å². The van der Waals surface area contributed by atoms with Crippen LogP contribution in [0.2, 0.25) is 0 Å². The summed E-state index contributed by atoms with van der Waals surface area (Å²) in [6.07, 6.45) is 1.87. The molecule has 1 fully saturated rings. The van der Waals surface area contributed by atoms with E-state index < -0.39 is 0 Å². The Hall–Kier alpha value is -0.410. The van der Waals surface area contributed by atoms with Crippen molar-refractivity contribution in [3.63, 3.8) is 0 Å². The van der Waals surface area contributed by atoms with Crippen LogP contribution < -0.4 is 5.32 Å². The molecule has 1 aliphatic heterocycles. The second-order valence-corrected chi connectivity index (χ2v) is 4.38. The second-order valence-electron chi connectivity index (χ2n) is 4.38. The minimum atomic E-state index is 0.296. The molecule has 0 bridgehead atoms. The van der Waals surface area contributed by atoms with E-state index in [9.17, 15) is 4.79 Å². The number of piperazine rings is 1. The van der Waals surface area contributed by atoms with Crippen molar-refractivity contribution in [3.05, 3.63) is 0 Å². The van der Waals surface area contributed by atoms with E-state index in [-0.39, 0.29) is 0 Å². The molecule has 1 aliphatic rings. The van der Waals surface area contributed by atoms with Gasteiger partial charge < -0.3 is 5.32 Å². The Morgan fingerprint density at radius 1 is 1.50 bits per heavy atom. The Balaban J connectivity index is 2.33. The maximum absolute atomic E-state index is 10.9. The van der Waals surface area contributed by atoms with E-state index in [1.807, 2.05) is 0 Å². The van der Waals surface area contributed by atoms with Gasteiger partial charge in [-0.15, -0.1) is 0 Å². The van der Waals surface area contributed by atoms with Gasteiger partial charge in [-0.2, -0.15) is 0 Å². The molecule has 1 saturated heterocycles. The van der Waals surface area contributed by atoms with E-state index in [0.29, 0.717) is 24.3 Å². The van der Waals surface area contributed by atoms with E-state index in [4.69, 9.17) is 0 Å². The Morgan fingerprint density at radius 3 is 2.79 bits per heavy atom. The molecule has 1 N–H and O–H groups in total. The van der Waals surface area contributed by atoms with Crippen LogP contribution in [-0.4, -0.2) is 42.4 Å². The van der Waals surface area contributed by atoms with Crippen molar-refractivity contribution < 1.29 is 4.79 Å². The maximum atomic E-state index is 10.9. The number of ketones is 1. The highest BCUT2D eigenvalue weighted by atomic mass is 16.1. The molecule has 0 spiro atoms. The van der Waals surface area contributed by atoms with Crippen LogP contribution in [0.15, 0.2) is 0 Å². The summed E-state index contributed by atoms with van der Waals surface area (Å²) in [5, 5.41) is 3.56. The smallest absolute Gasteiger partial charge is 0.131 e. The lowest BCUT2D eigenvalue weighted by Crippen LogP contribution is -2.55. The number of Topliss-reactive ketones (excluding diaryl/α,β-unsaturated/α-hetero) is 1. The average molecular weight is 198 g/mol. The molecule has 0 aromatic carbocycles. The summed E-state index contributed by atoms with van der Waals surface area (Å²) < 4.78 is 0. The molecular weight excluding hydrogens is 176 g/mol. The summed E-state index contributed by atoms with van der Waals surface area (Å²) in [6, 6.07) is 1.16. The standard InChI is InChI=1S/C11H22N2O/c1-4-11-8-13(6-5-10(3)14)7-9(2)12-11/h9,11-12H,4-8H2,1-3H3. The first-order chi connectivity index (χ1) is 6.61. The topological polar surface area (TPSA) is 32.3 Å². The molecule has 14 heavy (non-hydrogen) atoms. The van der Waals surface area contributed by atoms with Crippen LogP contribution in [0.5, 0.6) is 0 Å². The molecule has 0 radical (unpaired) electrons. The van der Waals surface area contributed by atoms with Crippen LogP contribution in [0.25, 0.3) is 0 Å². The van der Waals surface area contributed by atoms with Gasteiger partial charge in [0.25, 0.3) is 0 Å². The molecule has 0 aromatic rings. The van der Waals surface area contributed by atoms with Gasteiger partial charge in [-0.3, -0.25) is 9.69 Å². The summed E-state index contributed by atoms with van der Waals surface area (Å²) >= 11 is 0. The van der Waals surface area contributed by atoms with Gasteiger partial charge in [-0.1, -0.05) is 6.92 Å². The minimum Gasteiger partial charge on any atom is -0.309 e. The summed E-state index contributed by atoms with van der Waals surface area (Å²) in [5.74, 6) is 0.296. The molecule has 2 unspecified atom stereocenters. The van der Waals surface area contributed by atoms with Crippen LogP contribution in [0.4, 0.5) is 0 Å². The molecule has 3 heteroatoms. The van der Waals surface area contributed by atoms with Gasteiger partial charge in [-0.25, -0.2) is 0 Å². The lowest BCUT2D eigenvalue weighted by Gasteiger charge is -2.37. The zero-order valence-electron chi connectivity index (χ0n) is 9.55. The number of nitrogens with zero attached hydrogens (tertiary/aromatic N) is 1. The van der Waals surface area contributed by atoms with Crippen molar-refractivity contribution in [2.45, 2.75) is 45.7 Å². The number of hydrogen-bond donors (Lipinski definition) is 1. The van der Waals surface area contributed by atoms with E-state index in [1.165, 1.54) is 6.42 Å². The second kappa shape index (κ2) is 5.47. The zero-order chi connectivity index (χ0) is 10.6.